The Morgan fingerprint density at radius 3 is 2.15 bits per heavy atom. The second-order valence-corrected chi connectivity index (χ2v) is 12.1. The number of rotatable bonds is 4. The lowest BCUT2D eigenvalue weighted by molar-refractivity contribution is -0.147. The Hall–Kier alpha value is -2.80. The summed E-state index contributed by atoms with van der Waals surface area (Å²) in [6, 6.07) is 9.97. The smallest absolute Gasteiger partial charge is 0.338 e. The SMILES string of the molecule is O=C(OCC(=O)C12CC3CC(CC(C3)C1)C2)c1ccc2c(c1)S(=O)(=O)c1ccccc1C2=O. The fourth-order valence-corrected chi connectivity index (χ4v) is 8.71. The molecule has 4 fully saturated rings. The van der Waals surface area contributed by atoms with Gasteiger partial charge in [-0.05, 0) is 86.6 Å². The first-order valence-corrected chi connectivity index (χ1v) is 13.0. The van der Waals surface area contributed by atoms with Crippen molar-refractivity contribution in [2.24, 2.45) is 23.2 Å². The Morgan fingerprint density at radius 2 is 1.48 bits per heavy atom. The number of fused-ring (bicyclic) bond motifs is 2. The van der Waals surface area contributed by atoms with Crippen LogP contribution in [0.25, 0.3) is 0 Å². The monoisotopic (exact) mass is 464 g/mol. The molecule has 1 heterocycles. The summed E-state index contributed by atoms with van der Waals surface area (Å²) >= 11 is 0. The van der Waals surface area contributed by atoms with E-state index in [4.69, 9.17) is 4.74 Å². The van der Waals surface area contributed by atoms with Crippen LogP contribution in [-0.2, 0) is 19.4 Å². The van der Waals surface area contributed by atoms with E-state index in [-0.39, 0.29) is 44.3 Å². The van der Waals surface area contributed by atoms with Gasteiger partial charge in [-0.1, -0.05) is 12.1 Å². The molecule has 4 bridgehead atoms. The highest BCUT2D eigenvalue weighted by atomic mass is 32.2. The van der Waals surface area contributed by atoms with Gasteiger partial charge in [0.15, 0.2) is 18.2 Å². The summed E-state index contributed by atoms with van der Waals surface area (Å²) in [5.41, 5.74) is -0.177. The Labute approximate surface area is 192 Å². The van der Waals surface area contributed by atoms with Crippen molar-refractivity contribution < 1.29 is 27.5 Å². The van der Waals surface area contributed by atoms with E-state index in [1.807, 2.05) is 0 Å². The Balaban J connectivity index is 1.22. The van der Waals surface area contributed by atoms with E-state index in [1.54, 1.807) is 12.1 Å². The highest BCUT2D eigenvalue weighted by Crippen LogP contribution is 2.60. The van der Waals surface area contributed by atoms with Crippen LogP contribution in [0, 0.1) is 23.2 Å². The number of sulfone groups is 1. The summed E-state index contributed by atoms with van der Waals surface area (Å²) in [6.45, 7) is -0.295. The van der Waals surface area contributed by atoms with Crippen LogP contribution < -0.4 is 0 Å². The number of ketones is 2. The molecule has 0 atom stereocenters. The van der Waals surface area contributed by atoms with E-state index in [2.05, 4.69) is 0 Å². The average Bonchev–Trinajstić information content (AvgIpc) is 2.80. The molecular formula is C26H24O6S. The number of benzene rings is 2. The van der Waals surface area contributed by atoms with E-state index in [9.17, 15) is 22.8 Å². The molecule has 7 rings (SSSR count). The topological polar surface area (TPSA) is 94.6 Å². The van der Waals surface area contributed by atoms with Crippen molar-refractivity contribution >= 4 is 27.4 Å². The van der Waals surface area contributed by atoms with Gasteiger partial charge < -0.3 is 4.74 Å². The van der Waals surface area contributed by atoms with Crippen molar-refractivity contribution in [3.63, 3.8) is 0 Å². The van der Waals surface area contributed by atoms with Crippen molar-refractivity contribution in [3.05, 3.63) is 59.2 Å². The third-order valence-corrected chi connectivity index (χ3v) is 9.99. The molecule has 0 aromatic heterocycles. The van der Waals surface area contributed by atoms with E-state index in [0.717, 1.165) is 19.3 Å². The van der Waals surface area contributed by atoms with Crippen LogP contribution in [0.2, 0.25) is 0 Å². The zero-order valence-electron chi connectivity index (χ0n) is 18.1. The molecule has 0 unspecified atom stereocenters. The Kier molecular flexibility index (Phi) is 4.47. The van der Waals surface area contributed by atoms with Crippen molar-refractivity contribution in [1.82, 2.24) is 0 Å². The minimum atomic E-state index is -3.95. The van der Waals surface area contributed by atoms with Crippen LogP contribution in [0.3, 0.4) is 0 Å². The molecule has 0 saturated heterocycles. The molecule has 7 heteroatoms. The van der Waals surface area contributed by atoms with Crippen LogP contribution in [0.15, 0.2) is 52.3 Å². The van der Waals surface area contributed by atoms with Gasteiger partial charge in [0.1, 0.15) is 0 Å². The first kappa shape index (κ1) is 20.8. The number of hydrogen-bond donors (Lipinski definition) is 0. The molecule has 33 heavy (non-hydrogen) atoms. The second kappa shape index (κ2) is 7.10. The molecule has 1 aliphatic heterocycles. The van der Waals surface area contributed by atoms with E-state index in [0.29, 0.717) is 17.8 Å². The summed E-state index contributed by atoms with van der Waals surface area (Å²) in [5, 5.41) is 0. The van der Waals surface area contributed by atoms with Gasteiger partial charge in [-0.3, -0.25) is 9.59 Å². The standard InChI is InChI=1S/C26H24O6S/c27-23(26-11-15-7-16(12-26)9-17(8-15)13-26)14-32-25(29)18-5-6-20-22(10-18)33(30,31)21-4-2-1-3-19(21)24(20)28/h1-6,10,15-17H,7-9,11-14H2. The predicted molar refractivity (Wildman–Crippen MR) is 118 cm³/mol. The van der Waals surface area contributed by atoms with Gasteiger partial charge in [0.05, 0.1) is 15.4 Å². The number of ether oxygens (including phenoxy) is 1. The summed E-state index contributed by atoms with van der Waals surface area (Å²) in [7, 11) is -3.95. The van der Waals surface area contributed by atoms with Crippen LogP contribution in [0.5, 0.6) is 0 Å². The van der Waals surface area contributed by atoms with Gasteiger partial charge in [0.2, 0.25) is 9.84 Å². The molecule has 5 aliphatic rings. The normalized spacial score (nSPS) is 30.4. The highest BCUT2D eigenvalue weighted by molar-refractivity contribution is 7.91. The minimum Gasteiger partial charge on any atom is -0.454 e. The summed E-state index contributed by atoms with van der Waals surface area (Å²) < 4.78 is 31.5. The molecule has 2 aromatic carbocycles. The lowest BCUT2D eigenvalue weighted by Crippen LogP contribution is -2.51. The van der Waals surface area contributed by atoms with Crippen LogP contribution in [-0.4, -0.2) is 32.6 Å². The van der Waals surface area contributed by atoms with Crippen LogP contribution in [0.1, 0.15) is 64.8 Å². The number of carbonyl (C=O) groups is 3. The summed E-state index contributed by atoms with van der Waals surface area (Å²) in [5.74, 6) is 0.681. The van der Waals surface area contributed by atoms with Gasteiger partial charge in [-0.15, -0.1) is 0 Å². The van der Waals surface area contributed by atoms with Gasteiger partial charge in [-0.25, -0.2) is 13.2 Å². The largest absolute Gasteiger partial charge is 0.454 e. The van der Waals surface area contributed by atoms with Gasteiger partial charge in [0, 0.05) is 16.5 Å². The second-order valence-electron chi connectivity index (χ2n) is 10.2. The molecule has 4 saturated carbocycles. The molecule has 0 N–H and O–H groups in total. The lowest BCUT2D eigenvalue weighted by atomic mass is 9.48. The molecule has 0 radical (unpaired) electrons. The van der Waals surface area contributed by atoms with E-state index in [1.165, 1.54) is 49.6 Å². The number of Topliss-reactive ketones (excluding diaryl/α,β-unsaturated/α-hetero) is 1. The maximum absolute atomic E-state index is 13.1. The average molecular weight is 465 g/mol. The first-order valence-electron chi connectivity index (χ1n) is 11.5. The molecule has 6 nitrogen and oxygen atoms in total. The fourth-order valence-electron chi connectivity index (χ4n) is 7.03. The van der Waals surface area contributed by atoms with Gasteiger partial charge >= 0.3 is 5.97 Å². The predicted octanol–water partition coefficient (Wildman–Crippen LogP) is 4.01. The number of esters is 1. The third kappa shape index (κ3) is 3.12. The highest BCUT2D eigenvalue weighted by Gasteiger charge is 2.54. The van der Waals surface area contributed by atoms with Crippen LogP contribution >= 0.6 is 0 Å². The fraction of sp³-hybridized carbons (Fsp3) is 0.423. The molecule has 170 valence electrons. The molecule has 0 spiro atoms. The minimum absolute atomic E-state index is 0.00960. The van der Waals surface area contributed by atoms with Crippen molar-refractivity contribution in [1.29, 1.82) is 0 Å². The van der Waals surface area contributed by atoms with Crippen molar-refractivity contribution in [2.45, 2.75) is 48.3 Å². The zero-order chi connectivity index (χ0) is 23.0. The van der Waals surface area contributed by atoms with Crippen molar-refractivity contribution in [3.8, 4) is 0 Å². The van der Waals surface area contributed by atoms with Crippen LogP contribution in [0.4, 0.5) is 0 Å². The number of hydrogen-bond acceptors (Lipinski definition) is 6. The van der Waals surface area contributed by atoms with E-state index < -0.39 is 21.6 Å². The Morgan fingerprint density at radius 1 is 0.879 bits per heavy atom. The maximum Gasteiger partial charge on any atom is 0.338 e. The quantitative estimate of drug-likeness (QED) is 0.542. The lowest BCUT2D eigenvalue weighted by Gasteiger charge is -2.55. The first-order chi connectivity index (χ1) is 15.8. The zero-order valence-corrected chi connectivity index (χ0v) is 18.9. The summed E-state index contributed by atoms with van der Waals surface area (Å²) in [4.78, 5) is 38.4. The van der Waals surface area contributed by atoms with E-state index >= 15 is 0 Å². The third-order valence-electron chi connectivity index (χ3n) is 8.14. The van der Waals surface area contributed by atoms with Crippen molar-refractivity contribution in [2.75, 3.05) is 6.61 Å². The molecule has 0 amide bonds. The molecule has 4 aliphatic carbocycles. The van der Waals surface area contributed by atoms with Gasteiger partial charge in [0.25, 0.3) is 0 Å². The molecular weight excluding hydrogens is 440 g/mol. The maximum atomic E-state index is 13.1. The summed E-state index contributed by atoms with van der Waals surface area (Å²) in [6.07, 6.45) is 6.35. The Bertz CT molecular complexity index is 1290. The van der Waals surface area contributed by atoms with Gasteiger partial charge in [-0.2, -0.15) is 0 Å². The number of carbonyl (C=O) groups excluding carboxylic acids is 3. The molecule has 2 aromatic rings.